The van der Waals surface area contributed by atoms with Gasteiger partial charge < -0.3 is 14.2 Å². The lowest BCUT2D eigenvalue weighted by molar-refractivity contribution is -0.000422. The molecule has 0 aromatic heterocycles. The van der Waals surface area contributed by atoms with Gasteiger partial charge in [0.2, 0.25) is 0 Å². The van der Waals surface area contributed by atoms with Crippen LogP contribution < -0.4 is 9.47 Å². The number of hydrogen-bond acceptors (Lipinski definition) is 5. The van der Waals surface area contributed by atoms with E-state index in [1.807, 2.05) is 0 Å². The molecule has 26 heavy (non-hydrogen) atoms. The smallest absolute Gasteiger partial charge is 0.161 e. The molecule has 3 aliphatic rings. The van der Waals surface area contributed by atoms with Crippen molar-refractivity contribution >= 4 is 0 Å². The summed E-state index contributed by atoms with van der Waals surface area (Å²) in [5.41, 5.74) is 1.31. The molecule has 2 saturated heterocycles. The molecule has 144 valence electrons. The number of benzene rings is 1. The number of nitrogens with zero attached hydrogens (tertiary/aromatic N) is 2. The summed E-state index contributed by atoms with van der Waals surface area (Å²) in [6, 6.07) is 6.44. The molecular weight excluding hydrogens is 328 g/mol. The van der Waals surface area contributed by atoms with E-state index in [0.717, 1.165) is 63.1 Å². The molecule has 1 aliphatic carbocycles. The second-order valence-electron chi connectivity index (χ2n) is 7.96. The maximum Gasteiger partial charge on any atom is 0.161 e. The third-order valence-electron chi connectivity index (χ3n) is 5.94. The van der Waals surface area contributed by atoms with E-state index in [0.29, 0.717) is 6.10 Å². The summed E-state index contributed by atoms with van der Waals surface area (Å²) < 4.78 is 17.3. The molecule has 0 atom stereocenters. The molecule has 2 heterocycles. The molecule has 0 radical (unpaired) electrons. The molecule has 0 spiro atoms. The zero-order chi connectivity index (χ0) is 17.8. The van der Waals surface area contributed by atoms with Crippen LogP contribution in [0.15, 0.2) is 18.2 Å². The van der Waals surface area contributed by atoms with E-state index in [1.165, 1.54) is 38.0 Å². The van der Waals surface area contributed by atoms with Crippen molar-refractivity contribution < 1.29 is 14.2 Å². The number of morpholine rings is 1. The summed E-state index contributed by atoms with van der Waals surface area (Å²) in [5.74, 6) is 2.53. The van der Waals surface area contributed by atoms with Gasteiger partial charge in [0.1, 0.15) is 0 Å². The van der Waals surface area contributed by atoms with Crippen LogP contribution in [0.2, 0.25) is 0 Å². The molecule has 0 amide bonds. The van der Waals surface area contributed by atoms with Gasteiger partial charge in [0.15, 0.2) is 11.5 Å². The molecule has 5 heteroatoms. The lowest BCUT2D eigenvalue weighted by atomic mass is 9.81. The minimum Gasteiger partial charge on any atom is -0.493 e. The van der Waals surface area contributed by atoms with Crippen molar-refractivity contribution in [1.82, 2.24) is 9.80 Å². The molecule has 4 rings (SSSR count). The van der Waals surface area contributed by atoms with Crippen LogP contribution in [0.3, 0.4) is 0 Å². The number of hydrogen-bond donors (Lipinski definition) is 0. The summed E-state index contributed by atoms with van der Waals surface area (Å²) in [7, 11) is 1.74. The third kappa shape index (κ3) is 4.51. The zero-order valence-corrected chi connectivity index (χ0v) is 16.0. The fraction of sp³-hybridized carbons (Fsp3) is 0.714. The summed E-state index contributed by atoms with van der Waals surface area (Å²) in [5, 5.41) is 0. The van der Waals surface area contributed by atoms with Crippen LogP contribution in [0.25, 0.3) is 0 Å². The Labute approximate surface area is 157 Å². The van der Waals surface area contributed by atoms with Crippen molar-refractivity contribution in [2.45, 2.75) is 38.3 Å². The Balaban J connectivity index is 1.26. The number of rotatable bonds is 7. The van der Waals surface area contributed by atoms with Crippen LogP contribution in [-0.2, 0) is 11.3 Å². The van der Waals surface area contributed by atoms with Gasteiger partial charge in [-0.25, -0.2) is 0 Å². The maximum absolute atomic E-state index is 6.23. The quantitative estimate of drug-likeness (QED) is 0.747. The topological polar surface area (TPSA) is 34.2 Å². The normalized spacial score (nSPS) is 27.3. The van der Waals surface area contributed by atoms with Crippen molar-refractivity contribution in [1.29, 1.82) is 0 Å². The molecule has 0 bridgehead atoms. The monoisotopic (exact) mass is 360 g/mol. The minimum atomic E-state index is 0.333. The first kappa shape index (κ1) is 18.1. The highest BCUT2D eigenvalue weighted by atomic mass is 16.5. The molecule has 1 saturated carbocycles. The van der Waals surface area contributed by atoms with E-state index < -0.39 is 0 Å². The van der Waals surface area contributed by atoms with Crippen LogP contribution in [0.4, 0.5) is 0 Å². The maximum atomic E-state index is 6.23. The van der Waals surface area contributed by atoms with E-state index in [4.69, 9.17) is 14.2 Å². The Hall–Kier alpha value is -1.30. The average Bonchev–Trinajstić information content (AvgIpc) is 3.14. The Morgan fingerprint density at radius 2 is 1.77 bits per heavy atom. The van der Waals surface area contributed by atoms with E-state index in [9.17, 15) is 0 Å². The van der Waals surface area contributed by atoms with E-state index in [1.54, 1.807) is 7.11 Å². The number of methoxy groups -OCH3 is 1. The van der Waals surface area contributed by atoms with Gasteiger partial charge in [-0.3, -0.25) is 9.80 Å². The van der Waals surface area contributed by atoms with Gasteiger partial charge in [-0.1, -0.05) is 6.07 Å². The average molecular weight is 360 g/mol. The van der Waals surface area contributed by atoms with Gasteiger partial charge in [0.05, 0.1) is 26.4 Å². The second-order valence-corrected chi connectivity index (χ2v) is 7.96. The SMILES string of the molecule is COc1cc(CN2CCCC2)ccc1OC1CC(CN2CCOCC2)C1. The highest BCUT2D eigenvalue weighted by Gasteiger charge is 2.33. The largest absolute Gasteiger partial charge is 0.493 e. The fourth-order valence-corrected chi connectivity index (χ4v) is 4.35. The molecular formula is C21H32N2O3. The van der Waals surface area contributed by atoms with Crippen molar-refractivity contribution in [3.63, 3.8) is 0 Å². The van der Waals surface area contributed by atoms with Crippen LogP contribution in [0.1, 0.15) is 31.2 Å². The highest BCUT2D eigenvalue weighted by Crippen LogP contribution is 2.36. The van der Waals surface area contributed by atoms with Crippen molar-refractivity contribution in [3.05, 3.63) is 23.8 Å². The Morgan fingerprint density at radius 3 is 2.50 bits per heavy atom. The van der Waals surface area contributed by atoms with Crippen LogP contribution in [-0.4, -0.2) is 69.0 Å². The van der Waals surface area contributed by atoms with Gasteiger partial charge in [0, 0.05) is 26.2 Å². The van der Waals surface area contributed by atoms with Crippen molar-refractivity contribution in [2.75, 3.05) is 53.0 Å². The molecule has 3 fully saturated rings. The molecule has 1 aromatic rings. The van der Waals surface area contributed by atoms with Gasteiger partial charge in [0.25, 0.3) is 0 Å². The van der Waals surface area contributed by atoms with Crippen LogP contribution in [0.5, 0.6) is 11.5 Å². The Bertz CT molecular complexity index is 577. The van der Waals surface area contributed by atoms with Gasteiger partial charge in [-0.05, 0) is 62.4 Å². The van der Waals surface area contributed by atoms with Crippen LogP contribution >= 0.6 is 0 Å². The second kappa shape index (κ2) is 8.59. The van der Waals surface area contributed by atoms with Gasteiger partial charge in [-0.15, -0.1) is 0 Å². The summed E-state index contributed by atoms with van der Waals surface area (Å²) in [4.78, 5) is 5.04. The molecule has 5 nitrogen and oxygen atoms in total. The minimum absolute atomic E-state index is 0.333. The standard InChI is InChI=1S/C21H32N2O3/c1-24-21-14-17(15-22-6-2-3-7-22)4-5-20(21)26-19-12-18(13-19)16-23-8-10-25-11-9-23/h4-5,14,18-19H,2-3,6-13,15-16H2,1H3. The third-order valence-corrected chi connectivity index (χ3v) is 5.94. The molecule has 2 aliphatic heterocycles. The highest BCUT2D eigenvalue weighted by molar-refractivity contribution is 5.43. The lowest BCUT2D eigenvalue weighted by Gasteiger charge is -2.39. The predicted molar refractivity (Wildman–Crippen MR) is 102 cm³/mol. The first-order valence-corrected chi connectivity index (χ1v) is 10.2. The first-order chi connectivity index (χ1) is 12.8. The van der Waals surface area contributed by atoms with Gasteiger partial charge >= 0.3 is 0 Å². The Morgan fingerprint density at radius 1 is 1.00 bits per heavy atom. The molecule has 0 N–H and O–H groups in total. The van der Waals surface area contributed by atoms with E-state index >= 15 is 0 Å². The summed E-state index contributed by atoms with van der Waals surface area (Å²) in [6.45, 7) is 8.56. The van der Waals surface area contributed by atoms with Crippen molar-refractivity contribution in [3.8, 4) is 11.5 Å². The zero-order valence-electron chi connectivity index (χ0n) is 16.0. The van der Waals surface area contributed by atoms with Gasteiger partial charge in [-0.2, -0.15) is 0 Å². The van der Waals surface area contributed by atoms with Crippen molar-refractivity contribution in [2.24, 2.45) is 5.92 Å². The lowest BCUT2D eigenvalue weighted by Crippen LogP contribution is -2.45. The fourth-order valence-electron chi connectivity index (χ4n) is 4.35. The summed E-state index contributed by atoms with van der Waals surface area (Å²) in [6.07, 6.45) is 5.28. The summed E-state index contributed by atoms with van der Waals surface area (Å²) >= 11 is 0. The van der Waals surface area contributed by atoms with E-state index in [2.05, 4.69) is 28.0 Å². The Kier molecular flexibility index (Phi) is 5.98. The van der Waals surface area contributed by atoms with E-state index in [-0.39, 0.29) is 0 Å². The number of ether oxygens (including phenoxy) is 3. The van der Waals surface area contributed by atoms with Crippen LogP contribution in [0, 0.1) is 5.92 Å². The molecule has 1 aromatic carbocycles. The molecule has 0 unspecified atom stereocenters. The predicted octanol–water partition coefficient (Wildman–Crippen LogP) is 2.78. The number of likely N-dealkylation sites (tertiary alicyclic amines) is 1. The first-order valence-electron chi connectivity index (χ1n) is 10.2.